The summed E-state index contributed by atoms with van der Waals surface area (Å²) in [5.41, 5.74) is -4.16. The maximum Gasteiger partial charge on any atom is 0.336 e. The molecule has 15 nitrogen and oxygen atoms in total. The summed E-state index contributed by atoms with van der Waals surface area (Å²) in [6.07, 6.45) is 5.62. The van der Waals surface area contributed by atoms with E-state index in [0.29, 0.717) is 86.0 Å². The molecule has 0 radical (unpaired) electrons. The van der Waals surface area contributed by atoms with Crippen LogP contribution in [0.5, 0.6) is 0 Å². The SMILES string of the molecule is CC1(C)CC(CC(=O)SCCCn2c(=O)n(CCCS)c(=O)n(CCCS)c2=O)CC(C)(CNC(=O)SCCCn2c(=O)n(CCCS)c(=O)n(CCCS)c2=O)C1. The molecule has 1 fully saturated rings. The highest BCUT2D eigenvalue weighted by atomic mass is 32.2. The second-order valence-corrected chi connectivity index (χ2v) is 20.0. The Morgan fingerprint density at radius 3 is 1.28 bits per heavy atom. The standard InChI is InChI=1S/C37H61N7O8S6/c1-36(2)23-27(22-28(45)57-20-8-14-43-32(49)39(10-4-16-53)30(47)40(33(43)50)11-5-17-54)24-37(3,25-36)26-38-29(46)58-21-9-15-44-34(51)41(12-6-18-55)31(48)42(35(44)52)13-7-19-56/h27,53-56H,4-26H2,1-3H3,(H,38,46). The van der Waals surface area contributed by atoms with Crippen LogP contribution >= 0.6 is 74.0 Å². The van der Waals surface area contributed by atoms with Gasteiger partial charge in [0, 0.05) is 63.7 Å². The van der Waals surface area contributed by atoms with Gasteiger partial charge in [0.1, 0.15) is 0 Å². The van der Waals surface area contributed by atoms with E-state index in [4.69, 9.17) is 0 Å². The zero-order valence-corrected chi connectivity index (χ0v) is 39.1. The van der Waals surface area contributed by atoms with Crippen LogP contribution in [0.15, 0.2) is 28.8 Å². The number of thioether (sulfide) groups is 2. The van der Waals surface area contributed by atoms with Gasteiger partial charge in [-0.3, -0.25) is 9.59 Å². The topological polar surface area (TPSA) is 178 Å². The summed E-state index contributed by atoms with van der Waals surface area (Å²) in [7, 11) is 0. The highest BCUT2D eigenvalue weighted by Gasteiger charge is 2.42. The lowest BCUT2D eigenvalue weighted by Gasteiger charge is -2.46. The van der Waals surface area contributed by atoms with Gasteiger partial charge in [-0.1, -0.05) is 44.3 Å². The van der Waals surface area contributed by atoms with Crippen molar-refractivity contribution in [1.29, 1.82) is 0 Å². The van der Waals surface area contributed by atoms with Crippen LogP contribution in [0.2, 0.25) is 0 Å². The summed E-state index contributed by atoms with van der Waals surface area (Å²) in [4.78, 5) is 104. The molecular weight excluding hydrogens is 863 g/mol. The molecule has 1 aliphatic carbocycles. The molecule has 2 unspecified atom stereocenters. The van der Waals surface area contributed by atoms with Gasteiger partial charge in [-0.25, -0.2) is 56.2 Å². The maximum atomic E-state index is 13.2. The summed E-state index contributed by atoms with van der Waals surface area (Å²) in [6.45, 7) is 7.73. The van der Waals surface area contributed by atoms with Crippen molar-refractivity contribution in [3.63, 3.8) is 0 Å². The fourth-order valence-electron chi connectivity index (χ4n) is 7.98. The lowest BCUT2D eigenvalue weighted by molar-refractivity contribution is -0.112. The van der Waals surface area contributed by atoms with Crippen LogP contribution in [0, 0.1) is 16.7 Å². The van der Waals surface area contributed by atoms with Crippen LogP contribution in [0.4, 0.5) is 4.79 Å². The van der Waals surface area contributed by atoms with E-state index in [1.54, 1.807) is 0 Å². The van der Waals surface area contributed by atoms with Crippen molar-refractivity contribution in [3.05, 3.63) is 62.9 Å². The molecule has 1 amide bonds. The van der Waals surface area contributed by atoms with Crippen LogP contribution < -0.4 is 39.5 Å². The minimum Gasteiger partial charge on any atom is -0.346 e. The zero-order valence-electron chi connectivity index (χ0n) is 33.9. The van der Waals surface area contributed by atoms with Gasteiger partial charge in [-0.2, -0.15) is 50.5 Å². The van der Waals surface area contributed by atoms with Crippen LogP contribution in [-0.4, -0.2) is 78.8 Å². The van der Waals surface area contributed by atoms with Gasteiger partial charge >= 0.3 is 34.1 Å². The van der Waals surface area contributed by atoms with Gasteiger partial charge in [0.05, 0.1) is 0 Å². The maximum absolute atomic E-state index is 13.2. The predicted molar refractivity (Wildman–Crippen MR) is 249 cm³/mol. The molecule has 1 N–H and O–H groups in total. The quantitative estimate of drug-likeness (QED) is 0.0776. The summed E-state index contributed by atoms with van der Waals surface area (Å²) in [6, 6.07) is 0. The monoisotopic (exact) mass is 923 g/mol. The van der Waals surface area contributed by atoms with Gasteiger partial charge in [0.15, 0.2) is 5.12 Å². The Bertz CT molecular complexity index is 1960. The fourth-order valence-corrected chi connectivity index (χ4v) is 10.0. The van der Waals surface area contributed by atoms with Gasteiger partial charge in [0.25, 0.3) is 5.24 Å². The van der Waals surface area contributed by atoms with Crippen LogP contribution in [0.1, 0.15) is 85.0 Å². The zero-order chi connectivity index (χ0) is 43.0. The Hall–Kier alpha value is -1.94. The van der Waals surface area contributed by atoms with Gasteiger partial charge < -0.3 is 5.32 Å². The first-order valence-electron chi connectivity index (χ1n) is 19.9. The number of nitrogens with one attached hydrogen (secondary N) is 1. The second-order valence-electron chi connectivity index (χ2n) is 16.0. The van der Waals surface area contributed by atoms with Crippen molar-refractivity contribution >= 4 is 84.4 Å². The van der Waals surface area contributed by atoms with Crippen molar-refractivity contribution < 1.29 is 9.59 Å². The van der Waals surface area contributed by atoms with E-state index >= 15 is 0 Å². The number of hydrogen-bond acceptors (Lipinski definition) is 14. The number of carbonyl (C=O) groups excluding carboxylic acids is 2. The van der Waals surface area contributed by atoms with Crippen molar-refractivity contribution in [2.45, 2.75) is 124 Å². The summed E-state index contributed by atoms with van der Waals surface area (Å²) in [5, 5.41) is 2.87. The number of aromatic nitrogens is 6. The number of rotatable bonds is 24. The molecule has 2 atom stereocenters. The number of amides is 1. The third-order valence-corrected chi connectivity index (χ3v) is 13.3. The molecule has 0 spiro atoms. The van der Waals surface area contributed by atoms with E-state index in [1.165, 1.54) is 11.8 Å². The predicted octanol–water partition coefficient (Wildman–Crippen LogP) is 3.34. The molecule has 2 heterocycles. The molecule has 0 aliphatic heterocycles. The van der Waals surface area contributed by atoms with E-state index in [0.717, 1.165) is 58.4 Å². The Morgan fingerprint density at radius 1 is 0.569 bits per heavy atom. The lowest BCUT2D eigenvalue weighted by Crippen LogP contribution is -2.54. The first-order valence-corrected chi connectivity index (χ1v) is 24.4. The number of carbonyl (C=O) groups is 2. The van der Waals surface area contributed by atoms with E-state index in [-0.39, 0.29) is 66.4 Å². The minimum atomic E-state index is -0.656. The third kappa shape index (κ3) is 14.6. The van der Waals surface area contributed by atoms with E-state index < -0.39 is 34.1 Å². The van der Waals surface area contributed by atoms with E-state index in [2.05, 4.69) is 76.6 Å². The van der Waals surface area contributed by atoms with Crippen LogP contribution in [-0.2, 0) is 44.1 Å². The van der Waals surface area contributed by atoms with E-state index in [1.807, 2.05) is 0 Å². The highest BCUT2D eigenvalue weighted by molar-refractivity contribution is 8.13. The lowest BCUT2D eigenvalue weighted by atomic mass is 9.60. The number of nitrogens with zero attached hydrogens (tertiary/aromatic N) is 6. The Labute approximate surface area is 369 Å². The van der Waals surface area contributed by atoms with Crippen molar-refractivity contribution in [3.8, 4) is 0 Å². The van der Waals surface area contributed by atoms with Gasteiger partial charge in [-0.15, -0.1) is 0 Å². The second kappa shape index (κ2) is 24.5. The van der Waals surface area contributed by atoms with Crippen LogP contribution in [0.25, 0.3) is 0 Å². The summed E-state index contributed by atoms with van der Waals surface area (Å²) < 4.78 is 6.49. The summed E-state index contributed by atoms with van der Waals surface area (Å²) >= 11 is 19.0. The smallest absolute Gasteiger partial charge is 0.336 e. The normalized spacial score (nSPS) is 17.7. The molecule has 0 aromatic carbocycles. The number of hydrogen-bond donors (Lipinski definition) is 5. The first kappa shape index (κ1) is 50.4. The molecule has 58 heavy (non-hydrogen) atoms. The van der Waals surface area contributed by atoms with E-state index in [9.17, 15) is 38.4 Å². The molecule has 0 bridgehead atoms. The van der Waals surface area contributed by atoms with Gasteiger partial charge in [0.2, 0.25) is 0 Å². The summed E-state index contributed by atoms with van der Waals surface area (Å²) in [5.74, 6) is 2.83. The first-order chi connectivity index (χ1) is 27.5. The molecule has 1 saturated carbocycles. The highest BCUT2D eigenvalue weighted by Crippen LogP contribution is 2.49. The molecular formula is C37H61N7O8S6. The van der Waals surface area contributed by atoms with Crippen LogP contribution in [0.3, 0.4) is 0 Å². The Kier molecular flexibility index (Phi) is 21.3. The molecule has 21 heteroatoms. The largest absolute Gasteiger partial charge is 0.346 e. The molecule has 3 rings (SSSR count). The molecule has 328 valence electrons. The van der Waals surface area contributed by atoms with Crippen molar-refractivity contribution in [2.24, 2.45) is 16.7 Å². The third-order valence-electron chi connectivity index (χ3n) is 10.1. The number of thiol groups is 4. The fraction of sp³-hybridized carbons (Fsp3) is 0.784. The minimum absolute atomic E-state index is 0.0339. The van der Waals surface area contributed by atoms with Gasteiger partial charge in [-0.05, 0) is 97.5 Å². The van der Waals surface area contributed by atoms with Crippen molar-refractivity contribution in [1.82, 2.24) is 32.7 Å². The average Bonchev–Trinajstić information content (AvgIpc) is 3.15. The molecule has 2 aromatic heterocycles. The Balaban J connectivity index is 1.53. The van der Waals surface area contributed by atoms with Crippen molar-refractivity contribution in [2.75, 3.05) is 41.1 Å². The average molecular weight is 924 g/mol. The Morgan fingerprint density at radius 2 is 0.914 bits per heavy atom. The molecule has 1 aliphatic rings. The molecule has 0 saturated heterocycles. The molecule has 2 aromatic rings.